The van der Waals surface area contributed by atoms with Crippen LogP contribution in [-0.2, 0) is 4.79 Å². The molecule has 1 fully saturated rings. The molecule has 3 aromatic rings. The molecular formula is C22H19N3O3. The van der Waals surface area contributed by atoms with E-state index in [1.165, 1.54) is 0 Å². The number of anilines is 2. The highest BCUT2D eigenvalue weighted by atomic mass is 16.5. The average Bonchev–Trinajstić information content (AvgIpc) is 3.16. The van der Waals surface area contributed by atoms with Gasteiger partial charge in [0.15, 0.2) is 0 Å². The number of carbonyl (C=O) groups excluding carboxylic acids is 2. The molecule has 28 heavy (non-hydrogen) atoms. The summed E-state index contributed by atoms with van der Waals surface area (Å²) in [6, 6.07) is 19.8. The van der Waals surface area contributed by atoms with Crippen molar-refractivity contribution >= 4 is 23.2 Å². The van der Waals surface area contributed by atoms with Gasteiger partial charge in [0.2, 0.25) is 11.8 Å². The lowest BCUT2D eigenvalue weighted by molar-refractivity contribution is -0.117. The van der Waals surface area contributed by atoms with E-state index >= 15 is 0 Å². The summed E-state index contributed by atoms with van der Waals surface area (Å²) in [5.74, 6) is 0.666. The third kappa shape index (κ3) is 3.86. The topological polar surface area (TPSA) is 71.5 Å². The van der Waals surface area contributed by atoms with Crippen LogP contribution in [0.4, 0.5) is 11.4 Å². The summed E-state index contributed by atoms with van der Waals surface area (Å²) in [4.78, 5) is 30.5. The van der Waals surface area contributed by atoms with Crippen LogP contribution < -0.4 is 15.0 Å². The average molecular weight is 373 g/mol. The maximum Gasteiger partial charge on any atom is 0.261 e. The zero-order valence-electron chi connectivity index (χ0n) is 15.2. The molecule has 0 unspecified atom stereocenters. The minimum Gasteiger partial charge on any atom is -0.438 e. The van der Waals surface area contributed by atoms with Gasteiger partial charge < -0.3 is 15.0 Å². The minimum absolute atomic E-state index is 0.134. The van der Waals surface area contributed by atoms with E-state index in [2.05, 4.69) is 10.3 Å². The quantitative estimate of drug-likeness (QED) is 0.726. The molecule has 6 nitrogen and oxygen atoms in total. The fourth-order valence-electron chi connectivity index (χ4n) is 3.09. The Kier molecular flexibility index (Phi) is 5.01. The van der Waals surface area contributed by atoms with Crippen molar-refractivity contribution in [3.8, 4) is 11.6 Å². The van der Waals surface area contributed by atoms with Crippen LogP contribution in [0.25, 0.3) is 0 Å². The fourth-order valence-corrected chi connectivity index (χ4v) is 3.09. The third-order valence-corrected chi connectivity index (χ3v) is 4.48. The van der Waals surface area contributed by atoms with Crippen LogP contribution in [0.1, 0.15) is 23.2 Å². The molecule has 6 heteroatoms. The van der Waals surface area contributed by atoms with Crippen molar-refractivity contribution in [1.82, 2.24) is 4.98 Å². The summed E-state index contributed by atoms with van der Waals surface area (Å²) in [6.45, 7) is 0.737. The lowest BCUT2D eigenvalue weighted by Crippen LogP contribution is -2.23. The normalized spacial score (nSPS) is 13.4. The monoisotopic (exact) mass is 373 g/mol. The van der Waals surface area contributed by atoms with Crippen LogP contribution in [0.5, 0.6) is 11.6 Å². The lowest BCUT2D eigenvalue weighted by atomic mass is 10.2. The molecule has 4 rings (SSSR count). The molecule has 2 aromatic carbocycles. The van der Waals surface area contributed by atoms with Gasteiger partial charge in [0.05, 0.1) is 0 Å². The van der Waals surface area contributed by atoms with Crippen LogP contribution in [0.2, 0.25) is 0 Å². The first-order valence-electron chi connectivity index (χ1n) is 9.10. The van der Waals surface area contributed by atoms with Crippen molar-refractivity contribution in [3.63, 3.8) is 0 Å². The second-order valence-electron chi connectivity index (χ2n) is 6.42. The molecule has 1 saturated heterocycles. The van der Waals surface area contributed by atoms with E-state index in [1.54, 1.807) is 47.5 Å². The fraction of sp³-hybridized carbons (Fsp3) is 0.136. The number of hydrogen-bond donors (Lipinski definition) is 1. The summed E-state index contributed by atoms with van der Waals surface area (Å²) in [7, 11) is 0. The van der Waals surface area contributed by atoms with Gasteiger partial charge in [-0.1, -0.05) is 18.2 Å². The van der Waals surface area contributed by atoms with E-state index in [-0.39, 0.29) is 17.7 Å². The number of carbonyl (C=O) groups is 2. The number of nitrogens with one attached hydrogen (secondary N) is 1. The van der Waals surface area contributed by atoms with Crippen molar-refractivity contribution in [2.24, 2.45) is 0 Å². The summed E-state index contributed by atoms with van der Waals surface area (Å²) in [5.41, 5.74) is 1.81. The van der Waals surface area contributed by atoms with Crippen LogP contribution in [0, 0.1) is 0 Å². The molecule has 1 aromatic heterocycles. The Morgan fingerprint density at radius 1 is 1.00 bits per heavy atom. The number of rotatable bonds is 5. The van der Waals surface area contributed by atoms with Gasteiger partial charge >= 0.3 is 0 Å². The van der Waals surface area contributed by atoms with Crippen LogP contribution >= 0.6 is 0 Å². The van der Waals surface area contributed by atoms with Crippen LogP contribution in [0.3, 0.4) is 0 Å². The summed E-state index contributed by atoms with van der Waals surface area (Å²) in [6.07, 6.45) is 3.04. The first-order valence-corrected chi connectivity index (χ1v) is 9.10. The Morgan fingerprint density at radius 2 is 1.79 bits per heavy atom. The molecule has 1 aliphatic rings. The molecule has 0 spiro atoms. The Labute approximate surface area is 162 Å². The lowest BCUT2D eigenvalue weighted by Gasteiger charge is -2.16. The van der Waals surface area contributed by atoms with E-state index in [9.17, 15) is 9.59 Å². The van der Waals surface area contributed by atoms with E-state index in [0.29, 0.717) is 23.4 Å². The van der Waals surface area contributed by atoms with E-state index in [1.807, 2.05) is 30.3 Å². The Hall–Kier alpha value is -3.67. The SMILES string of the molecule is O=C(Nc1ccc(N2CCCC2=O)cc1)c1cccnc1Oc1ccccc1. The second kappa shape index (κ2) is 7.92. The van der Waals surface area contributed by atoms with Crippen molar-refractivity contribution in [3.05, 3.63) is 78.5 Å². The summed E-state index contributed by atoms with van der Waals surface area (Å²) >= 11 is 0. The van der Waals surface area contributed by atoms with Crippen molar-refractivity contribution in [2.45, 2.75) is 12.8 Å². The van der Waals surface area contributed by atoms with Crippen LogP contribution in [0.15, 0.2) is 72.9 Å². The van der Waals surface area contributed by atoms with Crippen molar-refractivity contribution in [2.75, 3.05) is 16.8 Å². The van der Waals surface area contributed by atoms with Gasteiger partial charge in [-0.15, -0.1) is 0 Å². The number of aromatic nitrogens is 1. The van der Waals surface area contributed by atoms with Crippen molar-refractivity contribution in [1.29, 1.82) is 0 Å². The highest BCUT2D eigenvalue weighted by Crippen LogP contribution is 2.25. The molecule has 0 bridgehead atoms. The van der Waals surface area contributed by atoms with Gasteiger partial charge in [-0.2, -0.15) is 0 Å². The number of hydrogen-bond acceptors (Lipinski definition) is 4. The number of amides is 2. The third-order valence-electron chi connectivity index (χ3n) is 4.48. The zero-order chi connectivity index (χ0) is 19.3. The van der Waals surface area contributed by atoms with E-state index in [4.69, 9.17) is 4.74 Å². The van der Waals surface area contributed by atoms with Gasteiger partial charge in [0, 0.05) is 30.5 Å². The second-order valence-corrected chi connectivity index (χ2v) is 6.42. The van der Waals surface area contributed by atoms with Gasteiger partial charge in [-0.05, 0) is 55.0 Å². The summed E-state index contributed by atoms with van der Waals surface area (Å²) in [5, 5.41) is 2.85. The molecule has 1 N–H and O–H groups in total. The first-order chi connectivity index (χ1) is 13.7. The Bertz CT molecular complexity index is 987. The van der Waals surface area contributed by atoms with Gasteiger partial charge in [0.25, 0.3) is 5.91 Å². The van der Waals surface area contributed by atoms with Crippen molar-refractivity contribution < 1.29 is 14.3 Å². The van der Waals surface area contributed by atoms with Gasteiger partial charge in [-0.25, -0.2) is 4.98 Å². The largest absolute Gasteiger partial charge is 0.438 e. The molecule has 0 saturated carbocycles. The molecule has 2 heterocycles. The Morgan fingerprint density at radius 3 is 2.50 bits per heavy atom. The molecule has 140 valence electrons. The number of benzene rings is 2. The number of nitrogens with zero attached hydrogens (tertiary/aromatic N) is 2. The predicted octanol–water partition coefficient (Wildman–Crippen LogP) is 4.25. The molecule has 0 radical (unpaired) electrons. The molecule has 2 amide bonds. The highest BCUT2D eigenvalue weighted by Gasteiger charge is 2.21. The highest BCUT2D eigenvalue weighted by molar-refractivity contribution is 6.06. The molecule has 0 atom stereocenters. The number of ether oxygens (including phenoxy) is 1. The van der Waals surface area contributed by atoms with E-state index in [0.717, 1.165) is 18.7 Å². The van der Waals surface area contributed by atoms with Gasteiger partial charge in [0.1, 0.15) is 11.3 Å². The standard InChI is InChI=1S/C22H19N3O3/c26-20-9-5-15-25(20)17-12-10-16(11-13-17)24-21(27)19-8-4-14-23-22(19)28-18-6-2-1-3-7-18/h1-4,6-8,10-14H,5,9,15H2,(H,24,27). The Balaban J connectivity index is 1.49. The van der Waals surface area contributed by atoms with Gasteiger partial charge in [-0.3, -0.25) is 9.59 Å². The summed E-state index contributed by atoms with van der Waals surface area (Å²) < 4.78 is 5.75. The van der Waals surface area contributed by atoms with Crippen LogP contribution in [-0.4, -0.2) is 23.3 Å². The number of para-hydroxylation sites is 1. The first kappa shape index (κ1) is 17.7. The predicted molar refractivity (Wildman–Crippen MR) is 107 cm³/mol. The molecular weight excluding hydrogens is 354 g/mol. The number of pyridine rings is 1. The maximum atomic E-state index is 12.7. The zero-order valence-corrected chi connectivity index (χ0v) is 15.2. The smallest absolute Gasteiger partial charge is 0.261 e. The molecule has 0 aliphatic carbocycles. The minimum atomic E-state index is -0.316. The molecule has 1 aliphatic heterocycles. The van der Waals surface area contributed by atoms with E-state index < -0.39 is 0 Å². The maximum absolute atomic E-state index is 12.7.